The Balaban J connectivity index is 1.28. The van der Waals surface area contributed by atoms with Crippen LogP contribution in [0.3, 0.4) is 0 Å². The average Bonchev–Trinajstić information content (AvgIpc) is 3.44. The Labute approximate surface area is 226 Å². The molecular weight excluding hydrogens is 486 g/mol. The largest absolute Gasteiger partial charge is 0.393 e. The Morgan fingerprint density at radius 1 is 1.05 bits per heavy atom. The number of piperidine rings is 1. The lowest BCUT2D eigenvalue weighted by atomic mass is 9.63. The van der Waals surface area contributed by atoms with Gasteiger partial charge in [0.25, 0.3) is 0 Å². The van der Waals surface area contributed by atoms with E-state index in [1.807, 2.05) is 35.3 Å². The Morgan fingerprint density at radius 2 is 1.76 bits per heavy atom. The van der Waals surface area contributed by atoms with E-state index in [0.717, 1.165) is 63.7 Å². The number of carbonyl (C=O) groups excluding carboxylic acids is 1. The van der Waals surface area contributed by atoms with Gasteiger partial charge in [0, 0.05) is 30.7 Å². The van der Waals surface area contributed by atoms with Crippen LogP contribution in [0.25, 0.3) is 0 Å². The molecule has 1 atom stereocenters. The Morgan fingerprint density at radius 3 is 2.41 bits per heavy atom. The van der Waals surface area contributed by atoms with E-state index in [4.69, 9.17) is 11.6 Å². The van der Waals surface area contributed by atoms with E-state index in [-0.39, 0.29) is 29.5 Å². The monoisotopic (exact) mass is 527 g/mol. The van der Waals surface area contributed by atoms with E-state index in [1.54, 1.807) is 6.33 Å². The topological polar surface area (TPSA) is 83.3 Å². The highest BCUT2D eigenvalue weighted by Crippen LogP contribution is 2.47. The maximum atomic E-state index is 14.0. The molecule has 0 bridgehead atoms. The van der Waals surface area contributed by atoms with Crippen molar-refractivity contribution >= 4 is 17.5 Å². The molecule has 7 nitrogen and oxygen atoms in total. The van der Waals surface area contributed by atoms with Crippen LogP contribution in [0.2, 0.25) is 5.02 Å². The summed E-state index contributed by atoms with van der Waals surface area (Å²) in [6.07, 6.45) is 15.9. The summed E-state index contributed by atoms with van der Waals surface area (Å²) in [6.45, 7) is 2.50. The predicted molar refractivity (Wildman–Crippen MR) is 145 cm³/mol. The number of aromatic nitrogens is 3. The van der Waals surface area contributed by atoms with Crippen molar-refractivity contribution in [3.05, 3.63) is 47.5 Å². The van der Waals surface area contributed by atoms with Crippen LogP contribution in [0.4, 0.5) is 0 Å². The third-order valence-corrected chi connectivity index (χ3v) is 9.52. The van der Waals surface area contributed by atoms with Crippen LogP contribution in [-0.4, -0.2) is 62.0 Å². The van der Waals surface area contributed by atoms with Crippen molar-refractivity contribution in [3.63, 3.8) is 0 Å². The fraction of sp³-hybridized carbons (Fsp3) is 0.690. The standard InChI is InChI=1S/C29H42ClN5O2/c30-24-8-6-22(7-9-24)18-27(33-25-10-12-26(36)13-11-25)28(37)34-16-14-29(15-17-34,19-35-21-31-20-32-35)23-4-2-1-3-5-23/h6-9,20-21,23,25-27,33,36H,1-5,10-19H2/t25?,26?,27-/m1/s1. The Bertz CT molecular complexity index is 976. The molecule has 1 saturated heterocycles. The molecule has 8 heteroatoms. The number of carbonyl (C=O) groups is 1. The summed E-state index contributed by atoms with van der Waals surface area (Å²) in [5.41, 5.74) is 1.30. The van der Waals surface area contributed by atoms with Crippen molar-refractivity contribution in [2.75, 3.05) is 13.1 Å². The average molecular weight is 528 g/mol. The number of rotatable bonds is 8. The van der Waals surface area contributed by atoms with Crippen LogP contribution in [0.1, 0.15) is 76.2 Å². The van der Waals surface area contributed by atoms with Crippen molar-refractivity contribution in [1.29, 1.82) is 0 Å². The van der Waals surface area contributed by atoms with E-state index < -0.39 is 0 Å². The third kappa shape index (κ3) is 6.73. The molecule has 5 rings (SSSR count). The summed E-state index contributed by atoms with van der Waals surface area (Å²) in [4.78, 5) is 20.3. The second-order valence-corrected chi connectivity index (χ2v) is 12.1. The van der Waals surface area contributed by atoms with Gasteiger partial charge in [0.1, 0.15) is 12.7 Å². The molecule has 3 fully saturated rings. The minimum atomic E-state index is -0.265. The summed E-state index contributed by atoms with van der Waals surface area (Å²) in [6, 6.07) is 7.86. The number of hydrogen-bond acceptors (Lipinski definition) is 5. The zero-order valence-electron chi connectivity index (χ0n) is 21.9. The minimum Gasteiger partial charge on any atom is -0.393 e. The van der Waals surface area contributed by atoms with Crippen molar-refractivity contribution in [1.82, 2.24) is 25.0 Å². The SMILES string of the molecule is O=C([C@@H](Cc1ccc(Cl)cc1)NC1CCC(O)CC1)N1CCC(Cn2cncn2)(C2CCCCC2)CC1. The molecule has 1 aromatic carbocycles. The fourth-order valence-corrected chi connectivity index (χ4v) is 7.17. The fourth-order valence-electron chi connectivity index (χ4n) is 7.04. The first kappa shape index (κ1) is 26.6. The molecule has 2 aliphatic carbocycles. The molecule has 37 heavy (non-hydrogen) atoms. The van der Waals surface area contributed by atoms with Gasteiger partial charge < -0.3 is 15.3 Å². The molecule has 0 spiro atoms. The van der Waals surface area contributed by atoms with Gasteiger partial charge in [-0.15, -0.1) is 0 Å². The molecular formula is C29H42ClN5O2. The van der Waals surface area contributed by atoms with Crippen LogP contribution in [0, 0.1) is 11.3 Å². The van der Waals surface area contributed by atoms with Crippen molar-refractivity contribution < 1.29 is 9.90 Å². The number of nitrogens with zero attached hydrogens (tertiary/aromatic N) is 4. The molecule has 202 valence electrons. The number of aliphatic hydroxyl groups excluding tert-OH is 1. The molecule has 3 aliphatic rings. The second kappa shape index (κ2) is 12.3. The molecule has 2 aromatic rings. The lowest BCUT2D eigenvalue weighted by molar-refractivity contribution is -0.137. The summed E-state index contributed by atoms with van der Waals surface area (Å²) in [5, 5.41) is 18.8. The van der Waals surface area contributed by atoms with Crippen LogP contribution in [-0.2, 0) is 17.8 Å². The first-order valence-corrected chi connectivity index (χ1v) is 14.7. The number of halogens is 1. The predicted octanol–water partition coefficient (Wildman–Crippen LogP) is 4.63. The number of hydrogen-bond donors (Lipinski definition) is 2. The van der Waals surface area contributed by atoms with E-state index in [2.05, 4.69) is 20.3 Å². The van der Waals surface area contributed by atoms with Gasteiger partial charge >= 0.3 is 0 Å². The molecule has 1 amide bonds. The lowest BCUT2D eigenvalue weighted by Gasteiger charge is -2.48. The van der Waals surface area contributed by atoms with Gasteiger partial charge in [0.15, 0.2) is 0 Å². The summed E-state index contributed by atoms with van der Waals surface area (Å²) < 4.78 is 2.01. The number of aliphatic hydroxyl groups is 1. The quantitative estimate of drug-likeness (QED) is 0.523. The number of likely N-dealkylation sites (tertiary alicyclic amines) is 1. The summed E-state index contributed by atoms with van der Waals surface area (Å²) >= 11 is 6.12. The van der Waals surface area contributed by atoms with E-state index >= 15 is 0 Å². The highest BCUT2D eigenvalue weighted by atomic mass is 35.5. The van der Waals surface area contributed by atoms with Gasteiger partial charge in [-0.2, -0.15) is 5.10 Å². The molecule has 0 unspecified atom stereocenters. The van der Waals surface area contributed by atoms with Crippen LogP contribution >= 0.6 is 11.6 Å². The van der Waals surface area contributed by atoms with Crippen LogP contribution < -0.4 is 5.32 Å². The Hall–Kier alpha value is -1.96. The maximum Gasteiger partial charge on any atom is 0.240 e. The van der Waals surface area contributed by atoms with Crippen molar-refractivity contribution in [3.8, 4) is 0 Å². The molecule has 2 N–H and O–H groups in total. The maximum absolute atomic E-state index is 14.0. The van der Waals surface area contributed by atoms with E-state index in [1.165, 1.54) is 32.1 Å². The van der Waals surface area contributed by atoms with Gasteiger partial charge in [-0.25, -0.2) is 4.98 Å². The number of nitrogens with one attached hydrogen (secondary N) is 1. The molecule has 2 heterocycles. The summed E-state index contributed by atoms with van der Waals surface area (Å²) in [7, 11) is 0. The van der Waals surface area contributed by atoms with E-state index in [9.17, 15) is 9.90 Å². The zero-order chi connectivity index (χ0) is 25.7. The van der Waals surface area contributed by atoms with Gasteiger partial charge in [-0.05, 0) is 86.8 Å². The minimum absolute atomic E-state index is 0.184. The normalized spacial score (nSPS) is 25.6. The highest BCUT2D eigenvalue weighted by molar-refractivity contribution is 6.30. The number of benzene rings is 1. The third-order valence-electron chi connectivity index (χ3n) is 9.27. The van der Waals surface area contributed by atoms with Gasteiger partial charge in [0.05, 0.1) is 12.1 Å². The smallest absolute Gasteiger partial charge is 0.240 e. The van der Waals surface area contributed by atoms with Crippen molar-refractivity contribution in [2.24, 2.45) is 11.3 Å². The summed E-state index contributed by atoms with van der Waals surface area (Å²) in [5.74, 6) is 0.901. The first-order valence-electron chi connectivity index (χ1n) is 14.3. The zero-order valence-corrected chi connectivity index (χ0v) is 22.7. The van der Waals surface area contributed by atoms with E-state index in [0.29, 0.717) is 17.4 Å². The molecule has 1 aromatic heterocycles. The molecule has 2 saturated carbocycles. The Kier molecular flexibility index (Phi) is 8.83. The van der Waals surface area contributed by atoms with Crippen LogP contribution in [0.5, 0.6) is 0 Å². The molecule has 1 aliphatic heterocycles. The highest BCUT2D eigenvalue weighted by Gasteiger charge is 2.43. The number of amides is 1. The molecule has 0 radical (unpaired) electrons. The first-order chi connectivity index (χ1) is 18.0. The van der Waals surface area contributed by atoms with Gasteiger partial charge in [0.2, 0.25) is 5.91 Å². The second-order valence-electron chi connectivity index (χ2n) is 11.7. The van der Waals surface area contributed by atoms with Gasteiger partial charge in [-0.1, -0.05) is 43.0 Å². The lowest BCUT2D eigenvalue weighted by Crippen LogP contribution is -2.55. The van der Waals surface area contributed by atoms with Crippen LogP contribution in [0.15, 0.2) is 36.9 Å². The van der Waals surface area contributed by atoms with Gasteiger partial charge in [-0.3, -0.25) is 9.48 Å². The van der Waals surface area contributed by atoms with Crippen molar-refractivity contribution in [2.45, 2.75) is 102 Å².